The smallest absolute Gasteiger partial charge is 0.138 e. The third-order valence-corrected chi connectivity index (χ3v) is 7.55. The van der Waals surface area contributed by atoms with E-state index in [9.17, 15) is 0 Å². The molecule has 4 heterocycles. The average molecular weight is 396 g/mol. The van der Waals surface area contributed by atoms with Gasteiger partial charge in [-0.3, -0.25) is 9.80 Å². The van der Waals surface area contributed by atoms with Gasteiger partial charge in [-0.05, 0) is 63.7 Å². The predicted octanol–water partition coefficient (Wildman–Crippen LogP) is 3.82. The van der Waals surface area contributed by atoms with Crippen molar-refractivity contribution in [1.82, 2.24) is 15.0 Å². The van der Waals surface area contributed by atoms with Gasteiger partial charge in [-0.15, -0.1) is 0 Å². The summed E-state index contributed by atoms with van der Waals surface area (Å²) >= 11 is 0. The number of hydrogen-bond donors (Lipinski definition) is 0. The Morgan fingerprint density at radius 3 is 2.59 bits per heavy atom. The van der Waals surface area contributed by atoms with Crippen LogP contribution in [-0.2, 0) is 23.2 Å². The summed E-state index contributed by atoms with van der Waals surface area (Å²) in [6, 6.07) is 9.89. The number of hydrogen-bond acceptors (Lipinski definition) is 5. The van der Waals surface area contributed by atoms with Gasteiger partial charge in [0.25, 0.3) is 0 Å². The number of benzene rings is 1. The second-order valence-corrected chi connectivity index (χ2v) is 9.26. The topological polar surface area (TPSA) is 41.7 Å². The summed E-state index contributed by atoms with van der Waals surface area (Å²) in [6.45, 7) is 11.5. The molecule has 0 bridgehead atoms. The fourth-order valence-electron chi connectivity index (χ4n) is 5.75. The molecule has 2 fully saturated rings. The summed E-state index contributed by atoms with van der Waals surface area (Å²) in [6.07, 6.45) is 4.81. The number of nitrogens with zero attached hydrogens (tertiary/aromatic N) is 3. The lowest BCUT2D eigenvalue weighted by Crippen LogP contribution is -2.54. The van der Waals surface area contributed by atoms with Gasteiger partial charge in [0.15, 0.2) is 0 Å². The third-order valence-electron chi connectivity index (χ3n) is 7.55. The largest absolute Gasteiger partial charge is 0.381 e. The monoisotopic (exact) mass is 395 g/mol. The highest BCUT2D eigenvalue weighted by atomic mass is 16.5. The first-order valence-electron chi connectivity index (χ1n) is 11.2. The molecule has 1 spiro atoms. The van der Waals surface area contributed by atoms with Crippen molar-refractivity contribution in [3.05, 3.63) is 52.4 Å². The molecule has 0 unspecified atom stereocenters. The Morgan fingerprint density at radius 2 is 1.86 bits per heavy atom. The minimum atomic E-state index is 0.294. The van der Waals surface area contributed by atoms with Crippen LogP contribution in [0.1, 0.15) is 53.8 Å². The number of fused-ring (bicyclic) bond motifs is 2. The van der Waals surface area contributed by atoms with Crippen LogP contribution in [0.2, 0.25) is 0 Å². The molecule has 0 aliphatic carbocycles. The zero-order valence-electron chi connectivity index (χ0n) is 17.8. The van der Waals surface area contributed by atoms with Crippen LogP contribution in [-0.4, -0.2) is 53.8 Å². The van der Waals surface area contributed by atoms with Crippen LogP contribution in [0.5, 0.6) is 0 Å². The van der Waals surface area contributed by atoms with E-state index >= 15 is 0 Å². The highest BCUT2D eigenvalue weighted by Gasteiger charge is 2.43. The molecule has 5 heteroatoms. The van der Waals surface area contributed by atoms with Gasteiger partial charge in [-0.2, -0.15) is 0 Å². The van der Waals surface area contributed by atoms with Gasteiger partial charge in [0.05, 0.1) is 5.69 Å². The van der Waals surface area contributed by atoms with E-state index in [2.05, 4.69) is 46.1 Å². The fraction of sp³-hybridized carbons (Fsp3) is 0.625. The summed E-state index contributed by atoms with van der Waals surface area (Å²) in [7, 11) is 0. The first-order chi connectivity index (χ1) is 14.1. The van der Waals surface area contributed by atoms with Crippen LogP contribution >= 0.6 is 0 Å². The Labute approximate surface area is 174 Å². The van der Waals surface area contributed by atoms with Crippen LogP contribution < -0.4 is 0 Å². The van der Waals surface area contributed by atoms with Crippen molar-refractivity contribution in [2.45, 2.75) is 64.1 Å². The summed E-state index contributed by atoms with van der Waals surface area (Å²) in [5.41, 5.74) is 5.76. The SMILES string of the molecule is Cc1noc(C)c1CN1CCC2(CC1)CN(C1CCOCC1)Cc1ccccc12. The van der Waals surface area contributed by atoms with Gasteiger partial charge in [0.2, 0.25) is 0 Å². The first-order valence-corrected chi connectivity index (χ1v) is 11.2. The Morgan fingerprint density at radius 1 is 1.10 bits per heavy atom. The molecule has 1 aromatic carbocycles. The fourth-order valence-corrected chi connectivity index (χ4v) is 5.75. The molecule has 156 valence electrons. The van der Waals surface area contributed by atoms with E-state index in [0.717, 1.165) is 50.8 Å². The number of aromatic nitrogens is 1. The molecule has 3 aliphatic rings. The van der Waals surface area contributed by atoms with E-state index in [1.807, 2.05) is 6.92 Å². The maximum absolute atomic E-state index is 5.63. The average Bonchev–Trinajstić information content (AvgIpc) is 3.08. The van der Waals surface area contributed by atoms with Gasteiger partial charge < -0.3 is 9.26 Å². The zero-order chi connectivity index (χ0) is 19.8. The van der Waals surface area contributed by atoms with Gasteiger partial charge in [-0.25, -0.2) is 0 Å². The normalized spacial score (nSPS) is 23.4. The van der Waals surface area contributed by atoms with E-state index < -0.39 is 0 Å². The van der Waals surface area contributed by atoms with Gasteiger partial charge >= 0.3 is 0 Å². The third kappa shape index (κ3) is 3.65. The molecule has 5 nitrogen and oxygen atoms in total. The first kappa shape index (κ1) is 19.3. The second kappa shape index (κ2) is 7.86. The summed E-state index contributed by atoms with van der Waals surface area (Å²) in [4.78, 5) is 5.36. The molecule has 2 saturated heterocycles. The lowest BCUT2D eigenvalue weighted by molar-refractivity contribution is 0.00630. The predicted molar refractivity (Wildman–Crippen MR) is 113 cm³/mol. The molecule has 0 atom stereocenters. The Hall–Kier alpha value is -1.69. The van der Waals surface area contributed by atoms with Gasteiger partial charge in [0.1, 0.15) is 5.76 Å². The number of likely N-dealkylation sites (tertiary alicyclic amines) is 1. The Balaban J connectivity index is 1.35. The molecular formula is C24H33N3O2. The van der Waals surface area contributed by atoms with Crippen LogP contribution in [0.25, 0.3) is 0 Å². The maximum Gasteiger partial charge on any atom is 0.138 e. The van der Waals surface area contributed by atoms with Crippen molar-refractivity contribution in [2.75, 3.05) is 32.8 Å². The molecular weight excluding hydrogens is 362 g/mol. The molecule has 2 aromatic rings. The standard InChI is InChI=1S/C24H33N3O2/c1-18-22(19(2)29-25-18)16-26-11-9-24(10-12-26)17-27(21-7-13-28-14-8-21)15-20-5-3-4-6-23(20)24/h3-6,21H,7-17H2,1-2H3. The van der Waals surface area contributed by atoms with Gasteiger partial charge in [0, 0.05) is 49.9 Å². The van der Waals surface area contributed by atoms with Crippen molar-refractivity contribution in [3.8, 4) is 0 Å². The Bertz CT molecular complexity index is 828. The molecule has 0 N–H and O–H groups in total. The van der Waals surface area contributed by atoms with Crippen LogP contribution in [0.15, 0.2) is 28.8 Å². The molecule has 29 heavy (non-hydrogen) atoms. The maximum atomic E-state index is 5.63. The number of ether oxygens (including phenoxy) is 1. The summed E-state index contributed by atoms with van der Waals surface area (Å²) < 4.78 is 11.0. The number of rotatable bonds is 3. The van der Waals surface area contributed by atoms with Crippen LogP contribution in [0, 0.1) is 13.8 Å². The molecule has 3 aliphatic heterocycles. The molecule has 0 saturated carbocycles. The highest BCUT2D eigenvalue weighted by Crippen LogP contribution is 2.43. The van der Waals surface area contributed by atoms with E-state index in [-0.39, 0.29) is 0 Å². The summed E-state index contributed by atoms with van der Waals surface area (Å²) in [5, 5.41) is 4.14. The van der Waals surface area contributed by atoms with Crippen molar-refractivity contribution >= 4 is 0 Å². The van der Waals surface area contributed by atoms with E-state index in [4.69, 9.17) is 9.26 Å². The second-order valence-electron chi connectivity index (χ2n) is 9.26. The minimum absolute atomic E-state index is 0.294. The quantitative estimate of drug-likeness (QED) is 0.790. The van der Waals surface area contributed by atoms with Crippen molar-refractivity contribution < 1.29 is 9.26 Å². The lowest BCUT2D eigenvalue weighted by atomic mass is 9.68. The lowest BCUT2D eigenvalue weighted by Gasteiger charge is -2.51. The van der Waals surface area contributed by atoms with E-state index in [1.54, 1.807) is 11.1 Å². The molecule has 5 rings (SSSR count). The highest BCUT2D eigenvalue weighted by molar-refractivity contribution is 5.38. The minimum Gasteiger partial charge on any atom is -0.381 e. The molecule has 0 radical (unpaired) electrons. The zero-order valence-corrected chi connectivity index (χ0v) is 17.8. The molecule has 0 amide bonds. The van der Waals surface area contributed by atoms with Crippen molar-refractivity contribution in [2.24, 2.45) is 0 Å². The van der Waals surface area contributed by atoms with E-state index in [1.165, 1.54) is 37.8 Å². The van der Waals surface area contributed by atoms with Crippen LogP contribution in [0.3, 0.4) is 0 Å². The van der Waals surface area contributed by atoms with E-state index in [0.29, 0.717) is 11.5 Å². The van der Waals surface area contributed by atoms with Crippen LogP contribution in [0.4, 0.5) is 0 Å². The Kier molecular flexibility index (Phi) is 5.23. The number of aryl methyl sites for hydroxylation is 2. The van der Waals surface area contributed by atoms with Crippen molar-refractivity contribution in [3.63, 3.8) is 0 Å². The van der Waals surface area contributed by atoms with Gasteiger partial charge in [-0.1, -0.05) is 29.4 Å². The number of piperidine rings is 1. The molecule has 1 aromatic heterocycles. The summed E-state index contributed by atoms with van der Waals surface area (Å²) in [5.74, 6) is 0.969. The van der Waals surface area contributed by atoms with Crippen molar-refractivity contribution in [1.29, 1.82) is 0 Å².